The fourth-order valence-corrected chi connectivity index (χ4v) is 1.20. The highest BCUT2D eigenvalue weighted by molar-refractivity contribution is 6.29. The summed E-state index contributed by atoms with van der Waals surface area (Å²) < 4.78 is 0. The van der Waals surface area contributed by atoms with Crippen LogP contribution < -0.4 is 5.32 Å². The van der Waals surface area contributed by atoms with Crippen molar-refractivity contribution in [2.24, 2.45) is 0 Å². The molecule has 0 radical (unpaired) electrons. The Morgan fingerprint density at radius 2 is 2.00 bits per heavy atom. The quantitative estimate of drug-likeness (QED) is 0.632. The molecular formula is C12H12ClNO2. The Morgan fingerprint density at radius 3 is 2.56 bits per heavy atom. The number of hydrogen-bond acceptors (Lipinski definition) is 2. The predicted molar refractivity (Wildman–Crippen MR) is 65.5 cm³/mol. The maximum Gasteiger partial charge on any atom is 0.239 e. The summed E-state index contributed by atoms with van der Waals surface area (Å²) >= 11 is 5.36. The number of nitrogens with one attached hydrogen (secondary N) is 1. The van der Waals surface area contributed by atoms with E-state index in [1.807, 2.05) is 18.2 Å². The minimum Gasteiger partial charge on any atom is -0.325 e. The normalized spacial score (nSPS) is 10.3. The van der Waals surface area contributed by atoms with Crippen LogP contribution in [0.1, 0.15) is 12.0 Å². The van der Waals surface area contributed by atoms with Crippen molar-refractivity contribution in [2.45, 2.75) is 6.42 Å². The van der Waals surface area contributed by atoms with Crippen LogP contribution in [0.2, 0.25) is 0 Å². The molecule has 0 spiro atoms. The minimum absolute atomic E-state index is 0.0546. The molecule has 0 aromatic heterocycles. The van der Waals surface area contributed by atoms with Gasteiger partial charge in [-0.2, -0.15) is 0 Å². The smallest absolute Gasteiger partial charge is 0.239 e. The Kier molecular flexibility index (Phi) is 5.29. The van der Waals surface area contributed by atoms with Crippen LogP contribution in [0.4, 0.5) is 5.69 Å². The van der Waals surface area contributed by atoms with Crippen LogP contribution >= 0.6 is 11.6 Å². The van der Waals surface area contributed by atoms with E-state index in [1.165, 1.54) is 0 Å². The molecule has 0 unspecified atom stereocenters. The van der Waals surface area contributed by atoms with Gasteiger partial charge in [-0.15, -0.1) is 11.6 Å². The van der Waals surface area contributed by atoms with E-state index in [1.54, 1.807) is 18.2 Å². The van der Waals surface area contributed by atoms with E-state index in [4.69, 9.17) is 11.6 Å². The van der Waals surface area contributed by atoms with Gasteiger partial charge in [-0.1, -0.05) is 24.3 Å². The average molecular weight is 238 g/mol. The van der Waals surface area contributed by atoms with Crippen LogP contribution in [0.15, 0.2) is 30.3 Å². The van der Waals surface area contributed by atoms with Crippen molar-refractivity contribution in [1.82, 2.24) is 0 Å². The Hall–Kier alpha value is -1.61. The molecule has 0 aliphatic rings. The van der Waals surface area contributed by atoms with Gasteiger partial charge < -0.3 is 10.1 Å². The topological polar surface area (TPSA) is 46.2 Å². The second kappa shape index (κ2) is 6.80. The minimum atomic E-state index is -0.231. The lowest BCUT2D eigenvalue weighted by atomic mass is 10.2. The molecule has 1 aromatic rings. The molecule has 3 nitrogen and oxygen atoms in total. The molecule has 0 bridgehead atoms. The molecule has 1 rings (SSSR count). The third kappa shape index (κ3) is 4.28. The molecular weight excluding hydrogens is 226 g/mol. The van der Waals surface area contributed by atoms with E-state index in [0.29, 0.717) is 12.1 Å². The number of anilines is 1. The maximum atomic E-state index is 11.0. The lowest BCUT2D eigenvalue weighted by molar-refractivity contribution is -0.114. The number of aldehydes is 1. The zero-order valence-corrected chi connectivity index (χ0v) is 9.41. The molecule has 1 amide bonds. The highest BCUT2D eigenvalue weighted by atomic mass is 35.5. The van der Waals surface area contributed by atoms with E-state index < -0.39 is 0 Å². The molecule has 0 saturated carbocycles. The lowest BCUT2D eigenvalue weighted by Crippen LogP contribution is -2.12. The summed E-state index contributed by atoms with van der Waals surface area (Å²) in [5.74, 6) is -0.285. The molecule has 0 aliphatic heterocycles. The zero-order chi connectivity index (χ0) is 11.8. The number of halogens is 1. The summed E-state index contributed by atoms with van der Waals surface area (Å²) in [7, 11) is 0. The summed E-state index contributed by atoms with van der Waals surface area (Å²) in [6.45, 7) is 0. The van der Waals surface area contributed by atoms with Crippen molar-refractivity contribution in [3.8, 4) is 0 Å². The summed E-state index contributed by atoms with van der Waals surface area (Å²) in [4.78, 5) is 21.1. The van der Waals surface area contributed by atoms with Gasteiger partial charge in [0.1, 0.15) is 12.2 Å². The van der Waals surface area contributed by atoms with Gasteiger partial charge in [0.25, 0.3) is 0 Å². The fraction of sp³-hybridized carbons (Fsp3) is 0.167. The number of amides is 1. The molecule has 0 heterocycles. The maximum absolute atomic E-state index is 11.0. The number of carbonyl (C=O) groups excluding carboxylic acids is 2. The van der Waals surface area contributed by atoms with Crippen molar-refractivity contribution in [3.63, 3.8) is 0 Å². The van der Waals surface area contributed by atoms with E-state index in [-0.39, 0.29) is 11.8 Å². The Bertz CT molecular complexity index is 385. The first-order chi connectivity index (χ1) is 7.76. The third-order valence-corrected chi connectivity index (χ3v) is 2.10. The van der Waals surface area contributed by atoms with Gasteiger partial charge in [0.05, 0.1) is 0 Å². The van der Waals surface area contributed by atoms with Crippen LogP contribution in [0.25, 0.3) is 6.08 Å². The van der Waals surface area contributed by atoms with Gasteiger partial charge in [0.2, 0.25) is 5.91 Å². The molecule has 0 atom stereocenters. The Labute approximate surface area is 99.1 Å². The summed E-state index contributed by atoms with van der Waals surface area (Å²) in [6, 6.07) is 7.27. The van der Waals surface area contributed by atoms with Crippen LogP contribution in [0.3, 0.4) is 0 Å². The van der Waals surface area contributed by atoms with Gasteiger partial charge in [0, 0.05) is 12.1 Å². The number of allylic oxidation sites excluding steroid dienone is 1. The van der Waals surface area contributed by atoms with Crippen LogP contribution in [-0.2, 0) is 9.59 Å². The van der Waals surface area contributed by atoms with E-state index >= 15 is 0 Å². The van der Waals surface area contributed by atoms with Gasteiger partial charge in [-0.3, -0.25) is 4.79 Å². The second-order valence-corrected chi connectivity index (χ2v) is 3.38. The molecule has 4 heteroatoms. The van der Waals surface area contributed by atoms with Crippen molar-refractivity contribution >= 4 is 35.6 Å². The zero-order valence-electron chi connectivity index (χ0n) is 8.65. The van der Waals surface area contributed by atoms with E-state index in [0.717, 1.165) is 11.8 Å². The Morgan fingerprint density at radius 1 is 1.31 bits per heavy atom. The lowest BCUT2D eigenvalue weighted by Gasteiger charge is -2.02. The molecule has 0 aliphatic carbocycles. The number of carbonyl (C=O) groups is 2. The van der Waals surface area contributed by atoms with Crippen molar-refractivity contribution in [2.75, 3.05) is 11.2 Å². The molecule has 84 valence electrons. The fourth-order valence-electron chi connectivity index (χ4n) is 1.13. The number of alkyl halides is 1. The van der Waals surface area contributed by atoms with Crippen LogP contribution in [0, 0.1) is 0 Å². The second-order valence-electron chi connectivity index (χ2n) is 3.11. The summed E-state index contributed by atoms with van der Waals surface area (Å²) in [6.07, 6.45) is 4.87. The predicted octanol–water partition coefficient (Wildman–Crippen LogP) is 2.47. The standard InChI is InChI=1S/C12H12ClNO2/c13-9-12(16)14-11-6-4-10(5-7-11)3-1-2-8-15/h1,3-8H,2,9H2,(H,14,16). The monoisotopic (exact) mass is 237 g/mol. The first-order valence-corrected chi connectivity index (χ1v) is 5.36. The summed E-state index contributed by atoms with van der Waals surface area (Å²) in [5.41, 5.74) is 1.68. The van der Waals surface area contributed by atoms with Gasteiger partial charge >= 0.3 is 0 Å². The van der Waals surface area contributed by atoms with Gasteiger partial charge in [0.15, 0.2) is 0 Å². The highest BCUT2D eigenvalue weighted by Gasteiger charge is 1.98. The van der Waals surface area contributed by atoms with Crippen molar-refractivity contribution in [3.05, 3.63) is 35.9 Å². The average Bonchev–Trinajstić information content (AvgIpc) is 2.31. The molecule has 0 fully saturated rings. The molecule has 16 heavy (non-hydrogen) atoms. The van der Waals surface area contributed by atoms with E-state index in [2.05, 4.69) is 5.32 Å². The Balaban J connectivity index is 2.60. The molecule has 1 N–H and O–H groups in total. The summed E-state index contributed by atoms with van der Waals surface area (Å²) in [5, 5.41) is 2.63. The highest BCUT2D eigenvalue weighted by Crippen LogP contribution is 2.10. The number of rotatable bonds is 5. The first-order valence-electron chi connectivity index (χ1n) is 4.82. The van der Waals surface area contributed by atoms with Crippen molar-refractivity contribution < 1.29 is 9.59 Å². The number of benzene rings is 1. The third-order valence-electron chi connectivity index (χ3n) is 1.86. The van der Waals surface area contributed by atoms with E-state index in [9.17, 15) is 9.59 Å². The van der Waals surface area contributed by atoms with Crippen LogP contribution in [0.5, 0.6) is 0 Å². The molecule has 0 saturated heterocycles. The number of hydrogen-bond donors (Lipinski definition) is 1. The van der Waals surface area contributed by atoms with Crippen molar-refractivity contribution in [1.29, 1.82) is 0 Å². The molecule has 1 aromatic carbocycles. The SMILES string of the molecule is O=CCC=Cc1ccc(NC(=O)CCl)cc1. The largest absolute Gasteiger partial charge is 0.325 e. The van der Waals surface area contributed by atoms with Gasteiger partial charge in [-0.25, -0.2) is 0 Å². The first kappa shape index (κ1) is 12.5. The van der Waals surface area contributed by atoms with Crippen LogP contribution in [-0.4, -0.2) is 18.1 Å². The van der Waals surface area contributed by atoms with Gasteiger partial charge in [-0.05, 0) is 17.7 Å².